The Morgan fingerprint density at radius 1 is 1.04 bits per heavy atom. The number of hydrogen-bond acceptors (Lipinski definition) is 2. The van der Waals surface area contributed by atoms with Crippen molar-refractivity contribution in [3.05, 3.63) is 59.7 Å². The number of primary amides is 1. The Labute approximate surface area is 148 Å². The zero-order chi connectivity index (χ0) is 18.9. The highest BCUT2D eigenvalue weighted by Gasteiger charge is 2.32. The number of carbonyl (C=O) groups is 2. The van der Waals surface area contributed by atoms with Gasteiger partial charge in [0.2, 0.25) is 5.91 Å². The molecule has 2 aromatic rings. The van der Waals surface area contributed by atoms with Crippen LogP contribution >= 0.6 is 0 Å². The van der Waals surface area contributed by atoms with E-state index in [9.17, 15) is 22.8 Å². The molecule has 0 aliphatic carbocycles. The van der Waals surface area contributed by atoms with Gasteiger partial charge in [0.25, 0.3) is 5.91 Å². The van der Waals surface area contributed by atoms with Gasteiger partial charge in [0.15, 0.2) is 0 Å². The number of alkyl halides is 3. The molecule has 1 atom stereocenters. The molecule has 0 aromatic heterocycles. The third-order valence-electron chi connectivity index (χ3n) is 4.56. The van der Waals surface area contributed by atoms with Crippen LogP contribution in [0.4, 0.5) is 13.2 Å². The first-order valence-electron chi connectivity index (χ1n) is 8.12. The fourth-order valence-corrected chi connectivity index (χ4v) is 3.11. The molecule has 26 heavy (non-hydrogen) atoms. The van der Waals surface area contributed by atoms with E-state index in [-0.39, 0.29) is 18.4 Å². The molecule has 136 valence electrons. The van der Waals surface area contributed by atoms with Gasteiger partial charge in [-0.05, 0) is 35.7 Å². The summed E-state index contributed by atoms with van der Waals surface area (Å²) in [6, 6.07) is 11.4. The Balaban J connectivity index is 1.89. The van der Waals surface area contributed by atoms with Gasteiger partial charge in [-0.25, -0.2) is 0 Å². The largest absolute Gasteiger partial charge is 0.416 e. The highest BCUT2D eigenvalue weighted by molar-refractivity contribution is 6.01. The Bertz CT molecular complexity index is 831. The van der Waals surface area contributed by atoms with Gasteiger partial charge in [-0.15, -0.1) is 0 Å². The molecular weight excluding hydrogens is 345 g/mol. The van der Waals surface area contributed by atoms with Crippen molar-refractivity contribution in [2.75, 3.05) is 13.1 Å². The second-order valence-electron chi connectivity index (χ2n) is 6.26. The topological polar surface area (TPSA) is 63.4 Å². The van der Waals surface area contributed by atoms with Crippen molar-refractivity contribution in [1.29, 1.82) is 0 Å². The maximum absolute atomic E-state index is 12.8. The van der Waals surface area contributed by atoms with E-state index in [0.717, 1.165) is 12.1 Å². The second-order valence-corrected chi connectivity index (χ2v) is 6.26. The minimum absolute atomic E-state index is 0.259. The summed E-state index contributed by atoms with van der Waals surface area (Å²) in [6.45, 7) is 0.684. The van der Waals surface area contributed by atoms with Crippen LogP contribution in [-0.4, -0.2) is 29.8 Å². The van der Waals surface area contributed by atoms with Gasteiger partial charge in [0.05, 0.1) is 11.5 Å². The number of rotatable bonds is 3. The van der Waals surface area contributed by atoms with Gasteiger partial charge >= 0.3 is 6.18 Å². The summed E-state index contributed by atoms with van der Waals surface area (Å²) >= 11 is 0. The van der Waals surface area contributed by atoms with E-state index in [4.69, 9.17) is 5.73 Å². The van der Waals surface area contributed by atoms with Gasteiger partial charge in [-0.1, -0.05) is 30.3 Å². The van der Waals surface area contributed by atoms with Crippen molar-refractivity contribution in [2.45, 2.75) is 12.6 Å². The zero-order valence-corrected chi connectivity index (χ0v) is 13.8. The molecule has 7 heteroatoms. The number of hydrogen-bond donors (Lipinski definition) is 1. The molecule has 1 fully saturated rings. The summed E-state index contributed by atoms with van der Waals surface area (Å²) in [5.74, 6) is -1.06. The van der Waals surface area contributed by atoms with Crippen LogP contribution in [0.2, 0.25) is 0 Å². The van der Waals surface area contributed by atoms with Gasteiger partial charge in [-0.3, -0.25) is 9.59 Å². The van der Waals surface area contributed by atoms with E-state index in [1.165, 1.54) is 12.1 Å². The lowest BCUT2D eigenvalue weighted by Gasteiger charge is -2.18. The standard InChI is InChI=1S/C19H17F3N2O2/c20-19(21,22)14-7-5-12(6-8-14)15-3-1-2-4-16(15)18(26)24-10-9-13(11-24)17(23)25/h1-8,13H,9-11H2,(H2,23,25). The van der Waals surface area contributed by atoms with Crippen LogP contribution in [0, 0.1) is 5.92 Å². The van der Waals surface area contributed by atoms with Gasteiger partial charge in [0, 0.05) is 18.7 Å². The molecule has 1 saturated heterocycles. The average molecular weight is 362 g/mol. The van der Waals surface area contributed by atoms with E-state index < -0.39 is 17.6 Å². The van der Waals surface area contributed by atoms with E-state index in [1.54, 1.807) is 29.2 Å². The molecule has 2 amide bonds. The van der Waals surface area contributed by atoms with Gasteiger partial charge < -0.3 is 10.6 Å². The average Bonchev–Trinajstić information content (AvgIpc) is 3.11. The van der Waals surface area contributed by atoms with Crippen molar-refractivity contribution in [1.82, 2.24) is 4.90 Å². The van der Waals surface area contributed by atoms with Crippen LogP contribution in [0.15, 0.2) is 48.5 Å². The van der Waals surface area contributed by atoms with Crippen LogP contribution in [0.3, 0.4) is 0 Å². The third-order valence-corrected chi connectivity index (χ3v) is 4.56. The number of amides is 2. The predicted octanol–water partition coefficient (Wildman–Crippen LogP) is 3.32. The molecule has 4 nitrogen and oxygen atoms in total. The highest BCUT2D eigenvalue weighted by Crippen LogP contribution is 2.32. The molecule has 1 unspecified atom stereocenters. The summed E-state index contributed by atoms with van der Waals surface area (Å²) in [5.41, 5.74) is 6.02. The quantitative estimate of drug-likeness (QED) is 0.910. The predicted molar refractivity (Wildman–Crippen MR) is 90.1 cm³/mol. The summed E-state index contributed by atoms with van der Waals surface area (Å²) in [7, 11) is 0. The van der Waals surface area contributed by atoms with Crippen molar-refractivity contribution in [3.63, 3.8) is 0 Å². The summed E-state index contributed by atoms with van der Waals surface area (Å²) in [4.78, 5) is 25.7. The van der Waals surface area contributed by atoms with Crippen molar-refractivity contribution in [2.24, 2.45) is 11.7 Å². The van der Waals surface area contributed by atoms with Gasteiger partial charge in [0.1, 0.15) is 0 Å². The summed E-state index contributed by atoms with van der Waals surface area (Å²) < 4.78 is 38.2. The monoisotopic (exact) mass is 362 g/mol. The minimum Gasteiger partial charge on any atom is -0.369 e. The van der Waals surface area contributed by atoms with Crippen molar-refractivity contribution < 1.29 is 22.8 Å². The first-order valence-corrected chi connectivity index (χ1v) is 8.12. The number of likely N-dealkylation sites (tertiary alicyclic amines) is 1. The molecule has 3 rings (SSSR count). The maximum atomic E-state index is 12.8. The number of nitrogens with zero attached hydrogens (tertiary/aromatic N) is 1. The number of carbonyl (C=O) groups excluding carboxylic acids is 2. The lowest BCUT2D eigenvalue weighted by atomic mass is 9.98. The van der Waals surface area contributed by atoms with Crippen LogP contribution in [-0.2, 0) is 11.0 Å². The van der Waals surface area contributed by atoms with Gasteiger partial charge in [-0.2, -0.15) is 13.2 Å². The first-order chi connectivity index (χ1) is 12.3. The van der Waals surface area contributed by atoms with E-state index in [2.05, 4.69) is 0 Å². The Kier molecular flexibility index (Phi) is 4.71. The lowest BCUT2D eigenvalue weighted by Crippen LogP contribution is -2.32. The smallest absolute Gasteiger partial charge is 0.369 e. The van der Waals surface area contributed by atoms with Crippen molar-refractivity contribution >= 4 is 11.8 Å². The van der Waals surface area contributed by atoms with Crippen LogP contribution in [0.25, 0.3) is 11.1 Å². The highest BCUT2D eigenvalue weighted by atomic mass is 19.4. The Morgan fingerprint density at radius 3 is 2.27 bits per heavy atom. The molecule has 0 spiro atoms. The molecule has 0 bridgehead atoms. The first kappa shape index (κ1) is 18.0. The maximum Gasteiger partial charge on any atom is 0.416 e. The number of halogens is 3. The minimum atomic E-state index is -4.41. The summed E-state index contributed by atoms with van der Waals surface area (Å²) in [5, 5.41) is 0. The Morgan fingerprint density at radius 2 is 1.69 bits per heavy atom. The molecule has 1 aliphatic rings. The van der Waals surface area contributed by atoms with E-state index in [1.807, 2.05) is 0 Å². The molecule has 0 saturated carbocycles. The van der Waals surface area contributed by atoms with Crippen LogP contribution in [0.5, 0.6) is 0 Å². The van der Waals surface area contributed by atoms with E-state index in [0.29, 0.717) is 29.7 Å². The van der Waals surface area contributed by atoms with Crippen LogP contribution < -0.4 is 5.73 Å². The number of nitrogens with two attached hydrogens (primary N) is 1. The van der Waals surface area contributed by atoms with Crippen LogP contribution in [0.1, 0.15) is 22.3 Å². The summed E-state index contributed by atoms with van der Waals surface area (Å²) in [6.07, 6.45) is -3.89. The molecule has 2 aromatic carbocycles. The Hall–Kier alpha value is -2.83. The second kappa shape index (κ2) is 6.82. The zero-order valence-electron chi connectivity index (χ0n) is 13.8. The normalized spacial score (nSPS) is 17.3. The lowest BCUT2D eigenvalue weighted by molar-refractivity contribution is -0.137. The fourth-order valence-electron chi connectivity index (χ4n) is 3.11. The number of benzene rings is 2. The SMILES string of the molecule is NC(=O)C1CCN(C(=O)c2ccccc2-c2ccc(C(F)(F)F)cc2)C1. The molecule has 2 N–H and O–H groups in total. The fraction of sp³-hybridized carbons (Fsp3) is 0.263. The van der Waals surface area contributed by atoms with E-state index >= 15 is 0 Å². The molecular formula is C19H17F3N2O2. The molecule has 0 radical (unpaired) electrons. The van der Waals surface area contributed by atoms with Crippen molar-refractivity contribution in [3.8, 4) is 11.1 Å². The molecule has 1 heterocycles. The third kappa shape index (κ3) is 3.56. The molecule has 1 aliphatic heterocycles.